The molecule has 0 saturated carbocycles. The van der Waals surface area contributed by atoms with Gasteiger partial charge < -0.3 is 5.32 Å². The number of nitrogens with one attached hydrogen (secondary N) is 1. The zero-order valence-corrected chi connectivity index (χ0v) is 12.3. The van der Waals surface area contributed by atoms with E-state index < -0.39 is 0 Å². The van der Waals surface area contributed by atoms with Crippen LogP contribution < -0.4 is 5.32 Å². The predicted molar refractivity (Wildman–Crippen MR) is 81.2 cm³/mol. The summed E-state index contributed by atoms with van der Waals surface area (Å²) in [7, 11) is 0. The van der Waals surface area contributed by atoms with Crippen LogP contribution in [0.25, 0.3) is 0 Å². The lowest BCUT2D eigenvalue weighted by Crippen LogP contribution is -2.49. The van der Waals surface area contributed by atoms with Crippen molar-refractivity contribution in [1.82, 2.24) is 10.2 Å². The van der Waals surface area contributed by atoms with E-state index in [-0.39, 0.29) is 5.41 Å². The van der Waals surface area contributed by atoms with Crippen LogP contribution in [0.5, 0.6) is 0 Å². The molecule has 1 atom stereocenters. The van der Waals surface area contributed by atoms with E-state index in [9.17, 15) is 0 Å². The van der Waals surface area contributed by atoms with Gasteiger partial charge in [0, 0.05) is 37.6 Å². The molecule has 0 radical (unpaired) electrons. The molecule has 3 rings (SSSR count). The Morgan fingerprint density at radius 2 is 1.79 bits per heavy atom. The Hall–Kier alpha value is -0.860. The van der Waals surface area contributed by atoms with Crippen LogP contribution in [-0.4, -0.2) is 37.1 Å². The second-order valence-electron chi connectivity index (χ2n) is 6.72. The number of nitrogens with zero attached hydrogens (tertiary/aromatic N) is 1. The summed E-state index contributed by atoms with van der Waals surface area (Å²) in [6, 6.07) is 0.764. The van der Waals surface area contributed by atoms with Crippen LogP contribution in [0.1, 0.15) is 33.1 Å². The molecule has 1 saturated heterocycles. The van der Waals surface area contributed by atoms with E-state index in [1.54, 1.807) is 11.1 Å². The van der Waals surface area contributed by atoms with Gasteiger partial charge in [-0.1, -0.05) is 38.2 Å². The number of hydrogen-bond acceptors (Lipinski definition) is 2. The van der Waals surface area contributed by atoms with Gasteiger partial charge in [-0.05, 0) is 30.4 Å². The first kappa shape index (κ1) is 13.1. The highest BCUT2D eigenvalue weighted by molar-refractivity contribution is 5.40. The second-order valence-corrected chi connectivity index (χ2v) is 6.72. The Bertz CT molecular complexity index is 423. The van der Waals surface area contributed by atoms with E-state index in [1.807, 2.05) is 0 Å². The number of rotatable bonds is 1. The van der Waals surface area contributed by atoms with E-state index in [1.165, 1.54) is 32.4 Å². The fourth-order valence-corrected chi connectivity index (χ4v) is 3.38. The molecule has 104 valence electrons. The lowest BCUT2D eigenvalue weighted by molar-refractivity contribution is 0.160. The minimum Gasteiger partial charge on any atom is -0.314 e. The zero-order chi connectivity index (χ0) is 13.3. The molecule has 2 nitrogen and oxygen atoms in total. The number of hydrogen-bond donors (Lipinski definition) is 1. The van der Waals surface area contributed by atoms with E-state index in [4.69, 9.17) is 0 Å². The van der Waals surface area contributed by atoms with Gasteiger partial charge in [-0.15, -0.1) is 0 Å². The first-order valence-electron chi connectivity index (χ1n) is 7.69. The number of allylic oxidation sites excluding steroid dienone is 5. The van der Waals surface area contributed by atoms with Crippen molar-refractivity contribution in [2.24, 2.45) is 5.41 Å². The van der Waals surface area contributed by atoms with Crippen molar-refractivity contribution in [3.05, 3.63) is 35.5 Å². The summed E-state index contributed by atoms with van der Waals surface area (Å²) >= 11 is 0. The van der Waals surface area contributed by atoms with Crippen molar-refractivity contribution in [3.8, 4) is 0 Å². The average Bonchev–Trinajstić information content (AvgIpc) is 2.59. The molecule has 0 aromatic heterocycles. The van der Waals surface area contributed by atoms with Gasteiger partial charge >= 0.3 is 0 Å². The van der Waals surface area contributed by atoms with Crippen molar-refractivity contribution < 1.29 is 0 Å². The summed E-state index contributed by atoms with van der Waals surface area (Å²) in [6.45, 7) is 9.32. The van der Waals surface area contributed by atoms with Gasteiger partial charge in [-0.3, -0.25) is 4.90 Å². The normalized spacial score (nSPS) is 31.2. The van der Waals surface area contributed by atoms with Crippen molar-refractivity contribution in [2.45, 2.75) is 39.2 Å². The van der Waals surface area contributed by atoms with Crippen LogP contribution >= 0.6 is 0 Å². The van der Waals surface area contributed by atoms with Gasteiger partial charge in [-0.2, -0.15) is 0 Å². The van der Waals surface area contributed by atoms with Gasteiger partial charge in [0.2, 0.25) is 0 Å². The quantitative estimate of drug-likeness (QED) is 0.778. The van der Waals surface area contributed by atoms with Crippen LogP contribution in [0, 0.1) is 5.41 Å². The smallest absolute Gasteiger partial charge is 0.0140 e. The Kier molecular flexibility index (Phi) is 3.64. The summed E-state index contributed by atoms with van der Waals surface area (Å²) in [5.74, 6) is 0. The first-order valence-corrected chi connectivity index (χ1v) is 7.69. The van der Waals surface area contributed by atoms with Crippen LogP contribution in [0.4, 0.5) is 0 Å². The zero-order valence-electron chi connectivity index (χ0n) is 12.3. The Balaban J connectivity index is 1.73. The van der Waals surface area contributed by atoms with Crippen molar-refractivity contribution in [2.75, 3.05) is 26.2 Å². The van der Waals surface area contributed by atoms with Gasteiger partial charge in [0.05, 0.1) is 0 Å². The van der Waals surface area contributed by atoms with E-state index >= 15 is 0 Å². The largest absolute Gasteiger partial charge is 0.314 e. The topological polar surface area (TPSA) is 15.3 Å². The molecule has 2 heteroatoms. The molecule has 1 aliphatic heterocycles. The van der Waals surface area contributed by atoms with Gasteiger partial charge in [0.25, 0.3) is 0 Å². The van der Waals surface area contributed by atoms with Gasteiger partial charge in [0.1, 0.15) is 0 Å². The molecule has 0 bridgehead atoms. The molecule has 1 fully saturated rings. The van der Waals surface area contributed by atoms with Crippen LogP contribution in [0.3, 0.4) is 0 Å². The van der Waals surface area contributed by atoms with Crippen molar-refractivity contribution in [1.29, 1.82) is 0 Å². The lowest BCUT2D eigenvalue weighted by atomic mass is 9.87. The van der Waals surface area contributed by atoms with Crippen LogP contribution in [0.2, 0.25) is 0 Å². The summed E-state index contributed by atoms with van der Waals surface area (Å²) < 4.78 is 0. The third kappa shape index (κ3) is 3.01. The molecule has 0 amide bonds. The maximum absolute atomic E-state index is 3.45. The maximum Gasteiger partial charge on any atom is 0.0140 e. The highest BCUT2D eigenvalue weighted by atomic mass is 15.2. The maximum atomic E-state index is 3.45. The predicted octanol–water partition coefficient (Wildman–Crippen LogP) is 2.89. The lowest BCUT2D eigenvalue weighted by Gasteiger charge is -2.37. The highest BCUT2D eigenvalue weighted by Gasteiger charge is 2.26. The summed E-state index contributed by atoms with van der Waals surface area (Å²) in [6.07, 6.45) is 13.3. The third-order valence-corrected chi connectivity index (χ3v) is 4.71. The highest BCUT2D eigenvalue weighted by Crippen LogP contribution is 2.34. The van der Waals surface area contributed by atoms with E-state index in [2.05, 4.69) is 48.4 Å². The molecule has 1 unspecified atom stereocenters. The fraction of sp³-hybridized carbons (Fsp3) is 0.647. The SMILES string of the molecule is CC1(C)C=CC2=C(C=C1)CC(N1CCNCC1)CC2. The minimum atomic E-state index is 0.210. The number of piperazine rings is 1. The van der Waals surface area contributed by atoms with Gasteiger partial charge in [0.15, 0.2) is 0 Å². The van der Waals surface area contributed by atoms with Crippen molar-refractivity contribution in [3.63, 3.8) is 0 Å². The Morgan fingerprint density at radius 3 is 2.53 bits per heavy atom. The fourth-order valence-electron chi connectivity index (χ4n) is 3.38. The summed E-state index contributed by atoms with van der Waals surface area (Å²) in [5.41, 5.74) is 3.37. The van der Waals surface area contributed by atoms with E-state index in [0.29, 0.717) is 0 Å². The monoisotopic (exact) mass is 258 g/mol. The molecule has 19 heavy (non-hydrogen) atoms. The van der Waals surface area contributed by atoms with Gasteiger partial charge in [-0.25, -0.2) is 0 Å². The third-order valence-electron chi connectivity index (χ3n) is 4.71. The molecule has 1 N–H and O–H groups in total. The van der Waals surface area contributed by atoms with Crippen LogP contribution in [0.15, 0.2) is 35.5 Å². The molecule has 3 aliphatic rings. The molecule has 0 aromatic rings. The minimum absolute atomic E-state index is 0.210. The molecule has 1 heterocycles. The molecular formula is C17H26N2. The summed E-state index contributed by atoms with van der Waals surface area (Å²) in [4.78, 5) is 2.69. The Morgan fingerprint density at radius 1 is 1.11 bits per heavy atom. The second kappa shape index (κ2) is 5.26. The summed E-state index contributed by atoms with van der Waals surface area (Å²) in [5, 5.41) is 3.45. The molecule has 0 spiro atoms. The van der Waals surface area contributed by atoms with Crippen molar-refractivity contribution >= 4 is 0 Å². The standard InChI is InChI=1S/C17H26N2/c1-17(2)7-5-14-3-4-16(13-15(14)6-8-17)19-11-9-18-10-12-19/h5-8,16,18H,3-4,9-13H2,1-2H3. The molecule has 0 aromatic carbocycles. The molecule has 2 aliphatic carbocycles. The first-order chi connectivity index (χ1) is 9.14. The van der Waals surface area contributed by atoms with E-state index in [0.717, 1.165) is 19.1 Å². The van der Waals surface area contributed by atoms with Crippen LogP contribution in [-0.2, 0) is 0 Å². The Labute approximate surface area is 117 Å². The molecular weight excluding hydrogens is 232 g/mol. The average molecular weight is 258 g/mol.